The second kappa shape index (κ2) is 12.1. The standard InChI is InChI=1S/C27H33FN2O6/c1-33-23-6-5-7-24(16-23)34-18-26(32)30-14-15-36-27(19-30,17-25(31)29-12-3-2-4-13-29)20-35-22-10-8-21(28)9-11-22/h5-11,16H,2-4,12-15,17-20H2,1H3. The Labute approximate surface area is 210 Å². The Morgan fingerprint density at radius 2 is 1.67 bits per heavy atom. The molecule has 4 rings (SSSR count). The van der Waals surface area contributed by atoms with E-state index in [0.717, 1.165) is 32.4 Å². The summed E-state index contributed by atoms with van der Waals surface area (Å²) in [6.45, 7) is 2.20. The second-order valence-corrected chi connectivity index (χ2v) is 9.18. The number of carbonyl (C=O) groups is 2. The highest BCUT2D eigenvalue weighted by Gasteiger charge is 2.42. The summed E-state index contributed by atoms with van der Waals surface area (Å²) in [5.41, 5.74) is -1.02. The first-order valence-electron chi connectivity index (χ1n) is 12.3. The van der Waals surface area contributed by atoms with E-state index < -0.39 is 5.60 Å². The number of methoxy groups -OCH3 is 1. The zero-order chi connectivity index (χ0) is 25.4. The van der Waals surface area contributed by atoms with Gasteiger partial charge in [0.25, 0.3) is 5.91 Å². The Bertz CT molecular complexity index is 1030. The second-order valence-electron chi connectivity index (χ2n) is 9.18. The van der Waals surface area contributed by atoms with Crippen molar-refractivity contribution in [2.75, 3.05) is 53.1 Å². The van der Waals surface area contributed by atoms with Crippen molar-refractivity contribution in [3.63, 3.8) is 0 Å². The summed E-state index contributed by atoms with van der Waals surface area (Å²) in [5.74, 6) is 1.05. The highest BCUT2D eigenvalue weighted by atomic mass is 19.1. The topological polar surface area (TPSA) is 77.5 Å². The van der Waals surface area contributed by atoms with Gasteiger partial charge in [0.2, 0.25) is 5.91 Å². The lowest BCUT2D eigenvalue weighted by Gasteiger charge is -2.43. The number of rotatable bonds is 9. The van der Waals surface area contributed by atoms with Gasteiger partial charge < -0.3 is 28.7 Å². The van der Waals surface area contributed by atoms with Crippen LogP contribution >= 0.6 is 0 Å². The molecule has 1 unspecified atom stereocenters. The van der Waals surface area contributed by atoms with Crippen molar-refractivity contribution >= 4 is 11.8 Å². The van der Waals surface area contributed by atoms with Gasteiger partial charge in [0.1, 0.15) is 35.3 Å². The van der Waals surface area contributed by atoms with E-state index in [0.29, 0.717) is 23.8 Å². The third-order valence-corrected chi connectivity index (χ3v) is 6.50. The molecule has 0 aromatic heterocycles. The molecule has 9 heteroatoms. The molecular formula is C27H33FN2O6. The van der Waals surface area contributed by atoms with E-state index in [2.05, 4.69) is 0 Å². The highest BCUT2D eigenvalue weighted by Crippen LogP contribution is 2.27. The average molecular weight is 501 g/mol. The molecule has 36 heavy (non-hydrogen) atoms. The van der Waals surface area contributed by atoms with Gasteiger partial charge in [0, 0.05) is 25.7 Å². The number of benzene rings is 2. The molecule has 0 radical (unpaired) electrons. The van der Waals surface area contributed by atoms with E-state index in [1.807, 2.05) is 4.90 Å². The number of carbonyl (C=O) groups excluding carboxylic acids is 2. The van der Waals surface area contributed by atoms with Crippen LogP contribution in [0.25, 0.3) is 0 Å². The number of hydrogen-bond donors (Lipinski definition) is 0. The molecule has 2 amide bonds. The molecular weight excluding hydrogens is 467 g/mol. The number of hydrogen-bond acceptors (Lipinski definition) is 6. The molecule has 2 aliphatic heterocycles. The van der Waals surface area contributed by atoms with E-state index >= 15 is 0 Å². The minimum atomic E-state index is -1.02. The lowest BCUT2D eigenvalue weighted by Crippen LogP contribution is -2.59. The van der Waals surface area contributed by atoms with Crippen molar-refractivity contribution in [2.45, 2.75) is 31.3 Å². The Morgan fingerprint density at radius 1 is 0.917 bits per heavy atom. The molecule has 2 aromatic rings. The summed E-state index contributed by atoms with van der Waals surface area (Å²) >= 11 is 0. The van der Waals surface area contributed by atoms with E-state index in [4.69, 9.17) is 18.9 Å². The Kier molecular flexibility index (Phi) is 8.64. The lowest BCUT2D eigenvalue weighted by atomic mass is 9.96. The number of morpholine rings is 1. The molecule has 0 spiro atoms. The molecule has 2 aromatic carbocycles. The maximum absolute atomic E-state index is 13.3. The van der Waals surface area contributed by atoms with Gasteiger partial charge in [-0.15, -0.1) is 0 Å². The first-order valence-corrected chi connectivity index (χ1v) is 12.3. The SMILES string of the molecule is COc1cccc(OCC(=O)N2CCOC(COc3ccc(F)cc3)(CC(=O)N3CCCCC3)C2)c1. The fourth-order valence-corrected chi connectivity index (χ4v) is 4.51. The smallest absolute Gasteiger partial charge is 0.260 e. The minimum absolute atomic E-state index is 0.0145. The van der Waals surface area contributed by atoms with Gasteiger partial charge in [-0.25, -0.2) is 4.39 Å². The van der Waals surface area contributed by atoms with Crippen molar-refractivity contribution in [3.05, 3.63) is 54.3 Å². The van der Waals surface area contributed by atoms with Crippen molar-refractivity contribution in [1.29, 1.82) is 0 Å². The van der Waals surface area contributed by atoms with Crippen molar-refractivity contribution < 1.29 is 32.9 Å². The quantitative estimate of drug-likeness (QED) is 0.526. The van der Waals surface area contributed by atoms with Crippen LogP contribution in [0.15, 0.2) is 48.5 Å². The maximum atomic E-state index is 13.3. The highest BCUT2D eigenvalue weighted by molar-refractivity contribution is 5.79. The lowest BCUT2D eigenvalue weighted by molar-refractivity contribution is -0.167. The first kappa shape index (κ1) is 25.8. The predicted octanol–water partition coefficient (Wildman–Crippen LogP) is 3.29. The molecule has 2 aliphatic rings. The molecule has 0 N–H and O–H groups in total. The molecule has 0 aliphatic carbocycles. The van der Waals surface area contributed by atoms with E-state index in [1.54, 1.807) is 36.3 Å². The molecule has 0 bridgehead atoms. The third kappa shape index (κ3) is 6.87. The number of amides is 2. The van der Waals surface area contributed by atoms with E-state index in [1.165, 1.54) is 24.3 Å². The molecule has 2 saturated heterocycles. The molecule has 8 nitrogen and oxygen atoms in total. The van der Waals surface area contributed by atoms with Gasteiger partial charge in [-0.05, 0) is 55.7 Å². The predicted molar refractivity (Wildman–Crippen MR) is 131 cm³/mol. The molecule has 194 valence electrons. The van der Waals surface area contributed by atoms with Crippen LogP contribution in [0.4, 0.5) is 4.39 Å². The van der Waals surface area contributed by atoms with Gasteiger partial charge in [-0.1, -0.05) is 6.07 Å². The summed E-state index contributed by atoms with van der Waals surface area (Å²) in [7, 11) is 1.57. The van der Waals surface area contributed by atoms with Crippen molar-refractivity contribution in [3.8, 4) is 17.2 Å². The Hall–Kier alpha value is -3.33. The molecule has 1 atom stereocenters. The van der Waals surface area contributed by atoms with Crippen LogP contribution in [0.1, 0.15) is 25.7 Å². The fourth-order valence-electron chi connectivity index (χ4n) is 4.51. The van der Waals surface area contributed by atoms with Gasteiger partial charge >= 0.3 is 0 Å². The molecule has 2 fully saturated rings. The fraction of sp³-hybridized carbons (Fsp3) is 0.481. The summed E-state index contributed by atoms with van der Waals surface area (Å²) in [5, 5.41) is 0. The van der Waals surface area contributed by atoms with Gasteiger partial charge in [0.15, 0.2) is 6.61 Å². The number of ether oxygens (including phenoxy) is 4. The number of likely N-dealkylation sites (tertiary alicyclic amines) is 1. The first-order chi connectivity index (χ1) is 17.5. The maximum Gasteiger partial charge on any atom is 0.260 e. The van der Waals surface area contributed by atoms with E-state index in [-0.39, 0.29) is 50.4 Å². The van der Waals surface area contributed by atoms with Gasteiger partial charge in [-0.3, -0.25) is 9.59 Å². The van der Waals surface area contributed by atoms with Crippen molar-refractivity contribution in [1.82, 2.24) is 9.80 Å². The minimum Gasteiger partial charge on any atom is -0.497 e. The van der Waals surface area contributed by atoms with Gasteiger partial charge in [-0.2, -0.15) is 0 Å². The Balaban J connectivity index is 1.44. The van der Waals surface area contributed by atoms with Crippen LogP contribution in [0.5, 0.6) is 17.2 Å². The van der Waals surface area contributed by atoms with Crippen LogP contribution in [0, 0.1) is 5.82 Å². The molecule has 2 heterocycles. The monoisotopic (exact) mass is 500 g/mol. The number of halogens is 1. The van der Waals surface area contributed by atoms with Crippen LogP contribution in [-0.4, -0.2) is 80.3 Å². The summed E-state index contributed by atoms with van der Waals surface area (Å²) in [4.78, 5) is 29.7. The molecule has 0 saturated carbocycles. The summed E-state index contributed by atoms with van der Waals surface area (Å²) < 4.78 is 36.3. The third-order valence-electron chi connectivity index (χ3n) is 6.50. The normalized spacial score (nSPS) is 20.1. The van der Waals surface area contributed by atoms with Crippen LogP contribution < -0.4 is 14.2 Å². The summed E-state index contributed by atoms with van der Waals surface area (Å²) in [6, 6.07) is 12.7. The van der Waals surface area contributed by atoms with Crippen LogP contribution in [0.2, 0.25) is 0 Å². The summed E-state index contributed by atoms with van der Waals surface area (Å²) in [6.07, 6.45) is 3.18. The zero-order valence-corrected chi connectivity index (χ0v) is 20.6. The number of nitrogens with zero attached hydrogens (tertiary/aromatic N) is 2. The largest absolute Gasteiger partial charge is 0.497 e. The van der Waals surface area contributed by atoms with Crippen LogP contribution in [0.3, 0.4) is 0 Å². The van der Waals surface area contributed by atoms with Crippen LogP contribution in [-0.2, 0) is 14.3 Å². The average Bonchev–Trinajstić information content (AvgIpc) is 2.92. The zero-order valence-electron chi connectivity index (χ0n) is 20.6. The van der Waals surface area contributed by atoms with E-state index in [9.17, 15) is 14.0 Å². The van der Waals surface area contributed by atoms with Crippen molar-refractivity contribution in [2.24, 2.45) is 0 Å². The Morgan fingerprint density at radius 3 is 2.42 bits per heavy atom. The van der Waals surface area contributed by atoms with Gasteiger partial charge in [0.05, 0.1) is 26.7 Å². The number of piperidine rings is 1.